The minimum Gasteiger partial charge on any atom is -0.378 e. The minimum absolute atomic E-state index is 0.504. The van der Waals surface area contributed by atoms with Gasteiger partial charge in [-0.2, -0.15) is 0 Å². The van der Waals surface area contributed by atoms with Crippen LogP contribution >= 0.6 is 0 Å². The van der Waals surface area contributed by atoms with Gasteiger partial charge in [-0.25, -0.2) is 0 Å². The highest BCUT2D eigenvalue weighted by Gasteiger charge is 2.18. The molecule has 0 saturated carbocycles. The van der Waals surface area contributed by atoms with Crippen molar-refractivity contribution in [2.75, 3.05) is 13.2 Å². The molecule has 2 aliphatic heterocycles. The molecule has 2 aliphatic rings. The zero-order valence-electron chi connectivity index (χ0n) is 29.6. The molecule has 43 heavy (non-hydrogen) atoms. The van der Waals surface area contributed by atoms with Gasteiger partial charge in [0, 0.05) is 13.2 Å². The lowest BCUT2D eigenvalue weighted by molar-refractivity contribution is -0.0557. The van der Waals surface area contributed by atoms with Crippen LogP contribution in [0.5, 0.6) is 0 Å². The van der Waals surface area contributed by atoms with Crippen LogP contribution in [0.2, 0.25) is 0 Å². The van der Waals surface area contributed by atoms with Crippen molar-refractivity contribution in [3.63, 3.8) is 0 Å². The van der Waals surface area contributed by atoms with Gasteiger partial charge in [-0.3, -0.25) is 0 Å². The van der Waals surface area contributed by atoms with Gasteiger partial charge in [0.2, 0.25) is 0 Å². The third kappa shape index (κ3) is 22.9. The average Bonchev–Trinajstić information content (AvgIpc) is 2.95. The standard InChI is InChI=1S/C40H78O3/c1-3-27-39(31-25-21-17-13-9-5-7-11-15-19-23-29-37-33-35-41-37)43-40(28-4-2)32-26-22-18-14-10-6-8-12-16-20-24-30-38-34-36-42-38/h37-40H,3-36H2,1-2H3. The fourth-order valence-electron chi connectivity index (χ4n) is 7.17. The van der Waals surface area contributed by atoms with Crippen LogP contribution in [0.25, 0.3) is 0 Å². The summed E-state index contributed by atoms with van der Waals surface area (Å²) in [4.78, 5) is 0. The Hall–Kier alpha value is -0.120. The quantitative estimate of drug-likeness (QED) is 0.0682. The van der Waals surface area contributed by atoms with Crippen LogP contribution in [0, 0.1) is 0 Å². The largest absolute Gasteiger partial charge is 0.378 e. The van der Waals surface area contributed by atoms with Crippen LogP contribution < -0.4 is 0 Å². The summed E-state index contributed by atoms with van der Waals surface area (Å²) in [5.74, 6) is 0. The van der Waals surface area contributed by atoms with E-state index in [0.29, 0.717) is 24.4 Å². The third-order valence-electron chi connectivity index (χ3n) is 10.3. The molecule has 0 aromatic rings. The van der Waals surface area contributed by atoms with Crippen LogP contribution in [0.3, 0.4) is 0 Å². The number of unbranched alkanes of at least 4 members (excludes halogenated alkanes) is 20. The normalized spacial score (nSPS) is 19.7. The van der Waals surface area contributed by atoms with Gasteiger partial charge >= 0.3 is 0 Å². The minimum atomic E-state index is 0.504. The van der Waals surface area contributed by atoms with Crippen molar-refractivity contribution in [2.45, 2.75) is 244 Å². The molecule has 256 valence electrons. The summed E-state index contributed by atoms with van der Waals surface area (Å²) >= 11 is 0. The molecule has 0 radical (unpaired) electrons. The summed E-state index contributed by atoms with van der Waals surface area (Å²) in [7, 11) is 0. The van der Waals surface area contributed by atoms with Gasteiger partial charge < -0.3 is 14.2 Å². The first-order valence-corrected chi connectivity index (χ1v) is 20.2. The van der Waals surface area contributed by atoms with Gasteiger partial charge in [0.15, 0.2) is 0 Å². The van der Waals surface area contributed by atoms with Crippen LogP contribution in [0.15, 0.2) is 0 Å². The molecule has 2 rings (SSSR count). The Morgan fingerprint density at radius 3 is 0.953 bits per heavy atom. The van der Waals surface area contributed by atoms with Crippen LogP contribution in [0.4, 0.5) is 0 Å². The molecular formula is C40H78O3. The molecule has 0 aromatic heterocycles. The fourth-order valence-corrected chi connectivity index (χ4v) is 7.17. The maximum absolute atomic E-state index is 6.76. The maximum atomic E-state index is 6.76. The SMILES string of the molecule is CCCC(CCCCCCCCCCCCCC1CCO1)OC(CCC)CCCCCCCCCCCCCC1CCO1. The Labute approximate surface area is 270 Å². The first-order valence-electron chi connectivity index (χ1n) is 20.2. The van der Waals surface area contributed by atoms with Gasteiger partial charge in [-0.05, 0) is 51.4 Å². The smallest absolute Gasteiger partial charge is 0.0597 e. The van der Waals surface area contributed by atoms with E-state index in [4.69, 9.17) is 14.2 Å². The topological polar surface area (TPSA) is 27.7 Å². The fraction of sp³-hybridized carbons (Fsp3) is 1.00. The second-order valence-corrected chi connectivity index (χ2v) is 14.5. The van der Waals surface area contributed by atoms with Gasteiger partial charge in [0.05, 0.1) is 24.4 Å². The molecule has 3 nitrogen and oxygen atoms in total. The first kappa shape index (κ1) is 39.1. The van der Waals surface area contributed by atoms with Crippen molar-refractivity contribution in [3.8, 4) is 0 Å². The Balaban J connectivity index is 1.35. The molecule has 3 heteroatoms. The van der Waals surface area contributed by atoms with Crippen LogP contribution in [0.1, 0.15) is 219 Å². The molecule has 4 atom stereocenters. The van der Waals surface area contributed by atoms with Gasteiger partial charge in [-0.15, -0.1) is 0 Å². The maximum Gasteiger partial charge on any atom is 0.0597 e. The predicted octanol–water partition coefficient (Wildman–Crippen LogP) is 13.1. The molecule has 0 N–H and O–H groups in total. The van der Waals surface area contributed by atoms with E-state index in [1.165, 1.54) is 205 Å². The van der Waals surface area contributed by atoms with Crippen molar-refractivity contribution in [1.29, 1.82) is 0 Å². The monoisotopic (exact) mass is 607 g/mol. The average molecular weight is 607 g/mol. The van der Waals surface area contributed by atoms with Gasteiger partial charge in [0.1, 0.15) is 0 Å². The van der Waals surface area contributed by atoms with Crippen molar-refractivity contribution in [1.82, 2.24) is 0 Å². The summed E-state index contributed by atoms with van der Waals surface area (Å²) in [5.41, 5.74) is 0. The molecule has 2 heterocycles. The van der Waals surface area contributed by atoms with E-state index in [0.717, 1.165) is 13.2 Å². The van der Waals surface area contributed by atoms with E-state index < -0.39 is 0 Å². The number of hydrogen-bond donors (Lipinski definition) is 0. The lowest BCUT2D eigenvalue weighted by Gasteiger charge is -2.26. The molecule has 0 aromatic carbocycles. The molecule has 2 fully saturated rings. The Kier molecular flexibility index (Phi) is 26.6. The third-order valence-corrected chi connectivity index (χ3v) is 10.3. The lowest BCUT2D eigenvalue weighted by atomic mass is 10.0. The van der Waals surface area contributed by atoms with E-state index >= 15 is 0 Å². The van der Waals surface area contributed by atoms with Gasteiger partial charge in [-0.1, -0.05) is 168 Å². The van der Waals surface area contributed by atoms with E-state index in [1.54, 1.807) is 0 Å². The number of ether oxygens (including phenoxy) is 3. The molecular weight excluding hydrogens is 528 g/mol. The molecule has 2 saturated heterocycles. The summed E-state index contributed by atoms with van der Waals surface area (Å²) in [6.07, 6.45) is 46.3. The highest BCUT2D eigenvalue weighted by atomic mass is 16.5. The zero-order chi connectivity index (χ0) is 30.5. The molecule has 0 bridgehead atoms. The van der Waals surface area contributed by atoms with E-state index in [9.17, 15) is 0 Å². The Bertz CT molecular complexity index is 510. The Morgan fingerprint density at radius 1 is 0.419 bits per heavy atom. The number of rotatable bonds is 34. The van der Waals surface area contributed by atoms with Crippen LogP contribution in [-0.4, -0.2) is 37.6 Å². The van der Waals surface area contributed by atoms with E-state index in [1.807, 2.05) is 0 Å². The summed E-state index contributed by atoms with van der Waals surface area (Å²) in [6.45, 7) is 6.68. The van der Waals surface area contributed by atoms with E-state index in [-0.39, 0.29) is 0 Å². The van der Waals surface area contributed by atoms with Gasteiger partial charge in [0.25, 0.3) is 0 Å². The highest BCUT2D eigenvalue weighted by molar-refractivity contribution is 4.68. The van der Waals surface area contributed by atoms with Crippen molar-refractivity contribution >= 4 is 0 Å². The van der Waals surface area contributed by atoms with Crippen molar-refractivity contribution in [3.05, 3.63) is 0 Å². The van der Waals surface area contributed by atoms with Crippen molar-refractivity contribution < 1.29 is 14.2 Å². The van der Waals surface area contributed by atoms with Crippen LogP contribution in [-0.2, 0) is 14.2 Å². The molecule has 4 unspecified atom stereocenters. The molecule has 0 amide bonds. The van der Waals surface area contributed by atoms with E-state index in [2.05, 4.69) is 13.8 Å². The molecule has 0 aliphatic carbocycles. The second-order valence-electron chi connectivity index (χ2n) is 14.5. The highest BCUT2D eigenvalue weighted by Crippen LogP contribution is 2.23. The zero-order valence-corrected chi connectivity index (χ0v) is 29.6. The molecule has 0 spiro atoms. The predicted molar refractivity (Wildman–Crippen MR) is 187 cm³/mol. The number of hydrogen-bond acceptors (Lipinski definition) is 3. The first-order chi connectivity index (χ1) is 21.3. The summed E-state index contributed by atoms with van der Waals surface area (Å²) in [5, 5.41) is 0. The second kappa shape index (κ2) is 29.3. The lowest BCUT2D eigenvalue weighted by Crippen LogP contribution is -2.26. The summed E-state index contributed by atoms with van der Waals surface area (Å²) in [6, 6.07) is 0. The summed E-state index contributed by atoms with van der Waals surface area (Å²) < 4.78 is 17.8. The van der Waals surface area contributed by atoms with Crippen molar-refractivity contribution in [2.24, 2.45) is 0 Å². The Morgan fingerprint density at radius 2 is 0.698 bits per heavy atom.